The quantitative estimate of drug-likeness (QED) is 0.410. The lowest BCUT2D eigenvalue weighted by atomic mass is 9.99. The fourth-order valence-electron chi connectivity index (χ4n) is 1.86. The Labute approximate surface area is 129 Å². The van der Waals surface area contributed by atoms with Gasteiger partial charge in [0.2, 0.25) is 0 Å². The molecular formula is C14H23ClO4S. The Morgan fingerprint density at radius 3 is 2.65 bits per heavy atom. The fourth-order valence-corrected chi connectivity index (χ4v) is 3.57. The Hall–Kier alpha value is -0.260. The molecule has 0 aliphatic carbocycles. The SMILES string of the molecule is CC(C)(C)OC(=O)COCCCCC1(Cl)CSCC1=O. The first kappa shape index (κ1) is 17.8. The average molecular weight is 323 g/mol. The smallest absolute Gasteiger partial charge is 0.332 e. The number of ketones is 1. The summed E-state index contributed by atoms with van der Waals surface area (Å²) in [6.07, 6.45) is 2.29. The summed E-state index contributed by atoms with van der Waals surface area (Å²) in [6.45, 7) is 5.91. The molecule has 1 aliphatic heterocycles. The number of rotatable bonds is 7. The van der Waals surface area contributed by atoms with Gasteiger partial charge >= 0.3 is 5.97 Å². The molecule has 0 aromatic rings. The summed E-state index contributed by atoms with van der Waals surface area (Å²) in [5, 5.41) is 0. The second kappa shape index (κ2) is 7.66. The van der Waals surface area contributed by atoms with Crippen LogP contribution in [0.15, 0.2) is 0 Å². The van der Waals surface area contributed by atoms with Crippen LogP contribution in [-0.4, -0.2) is 46.9 Å². The molecule has 1 aliphatic rings. The third-order valence-electron chi connectivity index (χ3n) is 2.82. The van der Waals surface area contributed by atoms with Crippen LogP contribution >= 0.6 is 23.4 Å². The molecule has 1 unspecified atom stereocenters. The van der Waals surface area contributed by atoms with Crippen LogP contribution in [0.5, 0.6) is 0 Å². The minimum Gasteiger partial charge on any atom is -0.458 e. The summed E-state index contributed by atoms with van der Waals surface area (Å²) in [5.41, 5.74) is -0.480. The van der Waals surface area contributed by atoms with E-state index >= 15 is 0 Å². The molecule has 0 bridgehead atoms. The molecule has 0 saturated carbocycles. The van der Waals surface area contributed by atoms with Crippen LogP contribution in [0.4, 0.5) is 0 Å². The standard InChI is InChI=1S/C14H23ClO4S/c1-13(2,3)19-12(17)8-18-7-5-4-6-14(15)10-20-9-11(14)16/h4-10H2,1-3H3. The largest absolute Gasteiger partial charge is 0.458 e. The lowest BCUT2D eigenvalue weighted by Gasteiger charge is -2.19. The Bertz CT molecular complexity index is 354. The van der Waals surface area contributed by atoms with E-state index < -0.39 is 10.5 Å². The summed E-state index contributed by atoms with van der Waals surface area (Å²) >= 11 is 7.86. The van der Waals surface area contributed by atoms with Gasteiger partial charge in [-0.05, 0) is 40.0 Å². The minimum absolute atomic E-state index is 0.0297. The van der Waals surface area contributed by atoms with Gasteiger partial charge in [-0.15, -0.1) is 11.6 Å². The summed E-state index contributed by atoms with van der Waals surface area (Å²) < 4.78 is 10.4. The van der Waals surface area contributed by atoms with Gasteiger partial charge in [0.05, 0.1) is 5.75 Å². The van der Waals surface area contributed by atoms with Crippen LogP contribution < -0.4 is 0 Å². The molecule has 0 aromatic carbocycles. The van der Waals surface area contributed by atoms with Gasteiger partial charge < -0.3 is 9.47 Å². The van der Waals surface area contributed by atoms with E-state index in [1.165, 1.54) is 0 Å². The van der Waals surface area contributed by atoms with E-state index in [1.807, 2.05) is 20.8 Å². The zero-order valence-corrected chi connectivity index (χ0v) is 13.9. The molecule has 4 nitrogen and oxygen atoms in total. The first-order valence-electron chi connectivity index (χ1n) is 6.82. The molecule has 6 heteroatoms. The molecule has 20 heavy (non-hydrogen) atoms. The van der Waals surface area contributed by atoms with Gasteiger partial charge in [-0.3, -0.25) is 4.79 Å². The van der Waals surface area contributed by atoms with Crippen molar-refractivity contribution in [2.24, 2.45) is 0 Å². The third kappa shape index (κ3) is 6.46. The maximum Gasteiger partial charge on any atom is 0.332 e. The zero-order valence-electron chi connectivity index (χ0n) is 12.4. The van der Waals surface area contributed by atoms with Crippen molar-refractivity contribution < 1.29 is 19.1 Å². The van der Waals surface area contributed by atoms with E-state index in [2.05, 4.69) is 0 Å². The second-order valence-corrected chi connectivity index (χ2v) is 7.69. The predicted octanol–water partition coefficient (Wildman–Crippen LogP) is 2.81. The minimum atomic E-state index is -0.671. The number of halogens is 1. The Kier molecular flexibility index (Phi) is 6.82. The molecule has 1 fully saturated rings. The topological polar surface area (TPSA) is 52.6 Å². The molecule has 1 atom stereocenters. The number of ether oxygens (including phenoxy) is 2. The van der Waals surface area contributed by atoms with Crippen LogP contribution in [0.2, 0.25) is 0 Å². The molecule has 1 heterocycles. The molecule has 0 radical (unpaired) electrons. The molecule has 0 spiro atoms. The Balaban J connectivity index is 2.05. The van der Waals surface area contributed by atoms with Gasteiger partial charge in [-0.2, -0.15) is 11.8 Å². The van der Waals surface area contributed by atoms with E-state index in [1.54, 1.807) is 11.8 Å². The number of unbranched alkanes of at least 4 members (excludes halogenated alkanes) is 1. The monoisotopic (exact) mass is 322 g/mol. The van der Waals surface area contributed by atoms with Crippen molar-refractivity contribution >= 4 is 35.1 Å². The van der Waals surface area contributed by atoms with Crippen molar-refractivity contribution in [2.75, 3.05) is 24.7 Å². The van der Waals surface area contributed by atoms with Crippen LogP contribution in [-0.2, 0) is 19.1 Å². The maximum atomic E-state index is 11.6. The number of Topliss-reactive ketones (excluding diaryl/α,β-unsaturated/α-hetero) is 1. The molecule has 1 saturated heterocycles. The Morgan fingerprint density at radius 2 is 2.10 bits per heavy atom. The van der Waals surface area contributed by atoms with Crippen LogP contribution in [0.3, 0.4) is 0 Å². The number of thioether (sulfide) groups is 1. The number of esters is 1. The van der Waals surface area contributed by atoms with Gasteiger partial charge in [0.25, 0.3) is 0 Å². The highest BCUT2D eigenvalue weighted by Gasteiger charge is 2.39. The van der Waals surface area contributed by atoms with Crippen LogP contribution in [0, 0.1) is 0 Å². The van der Waals surface area contributed by atoms with E-state index in [-0.39, 0.29) is 18.4 Å². The van der Waals surface area contributed by atoms with Gasteiger partial charge in [0.1, 0.15) is 17.1 Å². The summed E-state index contributed by atoms with van der Waals surface area (Å²) in [4.78, 5) is 22.3. The van der Waals surface area contributed by atoms with E-state index in [0.29, 0.717) is 24.5 Å². The summed E-state index contributed by atoms with van der Waals surface area (Å²) in [6, 6.07) is 0. The number of alkyl halides is 1. The van der Waals surface area contributed by atoms with Crippen molar-refractivity contribution in [3.8, 4) is 0 Å². The molecule has 0 N–H and O–H groups in total. The zero-order chi connectivity index (χ0) is 15.2. The molecule has 0 aromatic heterocycles. The second-order valence-electron chi connectivity index (χ2n) is 5.98. The van der Waals surface area contributed by atoms with E-state index in [0.717, 1.165) is 12.8 Å². The van der Waals surface area contributed by atoms with Crippen molar-refractivity contribution in [3.05, 3.63) is 0 Å². The van der Waals surface area contributed by atoms with Crippen molar-refractivity contribution in [1.29, 1.82) is 0 Å². The molecule has 1 rings (SSSR count). The Morgan fingerprint density at radius 1 is 1.40 bits per heavy atom. The highest BCUT2D eigenvalue weighted by atomic mass is 35.5. The number of hydrogen-bond donors (Lipinski definition) is 0. The fraction of sp³-hybridized carbons (Fsp3) is 0.857. The summed E-state index contributed by atoms with van der Waals surface area (Å²) in [7, 11) is 0. The molecule has 0 amide bonds. The van der Waals surface area contributed by atoms with Crippen molar-refractivity contribution in [3.63, 3.8) is 0 Å². The van der Waals surface area contributed by atoms with Gasteiger partial charge in [0.15, 0.2) is 5.78 Å². The van der Waals surface area contributed by atoms with Gasteiger partial charge in [-0.1, -0.05) is 0 Å². The predicted molar refractivity (Wildman–Crippen MR) is 81.4 cm³/mol. The first-order chi connectivity index (χ1) is 9.23. The van der Waals surface area contributed by atoms with Crippen molar-refractivity contribution in [1.82, 2.24) is 0 Å². The first-order valence-corrected chi connectivity index (χ1v) is 8.36. The van der Waals surface area contributed by atoms with Gasteiger partial charge in [0, 0.05) is 12.4 Å². The van der Waals surface area contributed by atoms with Gasteiger partial charge in [-0.25, -0.2) is 4.79 Å². The van der Waals surface area contributed by atoms with E-state index in [9.17, 15) is 9.59 Å². The van der Waals surface area contributed by atoms with Crippen LogP contribution in [0.25, 0.3) is 0 Å². The number of carbonyl (C=O) groups excluding carboxylic acids is 2. The van der Waals surface area contributed by atoms with E-state index in [4.69, 9.17) is 21.1 Å². The highest BCUT2D eigenvalue weighted by molar-refractivity contribution is 8.00. The average Bonchev–Trinajstić information content (AvgIpc) is 2.62. The highest BCUT2D eigenvalue weighted by Crippen LogP contribution is 2.35. The van der Waals surface area contributed by atoms with Crippen LogP contribution in [0.1, 0.15) is 40.0 Å². The lowest BCUT2D eigenvalue weighted by molar-refractivity contribution is -0.160. The third-order valence-corrected chi connectivity index (χ3v) is 4.67. The number of hydrogen-bond acceptors (Lipinski definition) is 5. The van der Waals surface area contributed by atoms with Crippen molar-refractivity contribution in [2.45, 2.75) is 50.5 Å². The summed E-state index contributed by atoms with van der Waals surface area (Å²) in [5.74, 6) is 1.01. The lowest BCUT2D eigenvalue weighted by Crippen LogP contribution is -2.30. The molecule has 116 valence electrons. The normalized spacial score (nSPS) is 23.1. The maximum absolute atomic E-state index is 11.6. The molecular weight excluding hydrogens is 300 g/mol. The number of carbonyl (C=O) groups is 2.